The normalized spacial score (nSPS) is 22.5. The van der Waals surface area contributed by atoms with Crippen molar-refractivity contribution in [3.05, 3.63) is 0 Å². The molecule has 0 aliphatic carbocycles. The van der Waals surface area contributed by atoms with Crippen LogP contribution in [0.1, 0.15) is 0 Å². The van der Waals surface area contributed by atoms with Crippen LogP contribution in [0.25, 0.3) is 0 Å². The van der Waals surface area contributed by atoms with E-state index in [1.54, 1.807) is 0 Å². The number of ketones is 2. The van der Waals surface area contributed by atoms with Crippen molar-refractivity contribution in [2.45, 2.75) is 0 Å². The Morgan fingerprint density at radius 1 is 1.12 bits per heavy atom. The molecule has 0 amide bonds. The molecule has 1 heterocycles. The van der Waals surface area contributed by atoms with Crippen LogP contribution in [0.4, 0.5) is 0 Å². The van der Waals surface area contributed by atoms with Crippen LogP contribution < -0.4 is 0 Å². The fraction of sp³-hybridized carbons (Fsp3) is 0.500. The zero-order chi connectivity index (χ0) is 6.15. The van der Waals surface area contributed by atoms with Crippen molar-refractivity contribution in [2.75, 3.05) is 11.5 Å². The largest absolute Gasteiger partial charge is 0.290 e. The zero-order valence-corrected chi connectivity index (χ0v) is 4.86. The molecule has 0 aromatic rings. The fourth-order valence-electron chi connectivity index (χ4n) is 0.504. The summed E-state index contributed by atoms with van der Waals surface area (Å²) in [4.78, 5) is 20.5. The summed E-state index contributed by atoms with van der Waals surface area (Å²) in [5.41, 5.74) is 0. The molecular weight excluding hydrogens is 128 g/mol. The molecule has 3 nitrogen and oxygen atoms in total. The van der Waals surface area contributed by atoms with E-state index in [4.69, 9.17) is 0 Å². The van der Waals surface area contributed by atoms with E-state index >= 15 is 0 Å². The van der Waals surface area contributed by atoms with Crippen molar-refractivity contribution in [3.63, 3.8) is 0 Å². The molecule has 1 aliphatic rings. The molecular formula is C4H4O3S. The van der Waals surface area contributed by atoms with Gasteiger partial charge in [0, 0.05) is 10.8 Å². The highest BCUT2D eigenvalue weighted by Crippen LogP contribution is 1.96. The van der Waals surface area contributed by atoms with Crippen LogP contribution in [0.15, 0.2) is 0 Å². The second-order valence-electron chi connectivity index (χ2n) is 1.57. The van der Waals surface area contributed by atoms with Crippen LogP contribution in [-0.2, 0) is 20.4 Å². The second kappa shape index (κ2) is 1.78. The quantitative estimate of drug-likeness (QED) is 0.392. The SMILES string of the molecule is O=C1CS(=O)CC1=O. The lowest BCUT2D eigenvalue weighted by atomic mass is 10.3. The Balaban J connectivity index is 2.79. The van der Waals surface area contributed by atoms with Gasteiger partial charge in [-0.05, 0) is 0 Å². The third-order valence-electron chi connectivity index (χ3n) is 0.895. The van der Waals surface area contributed by atoms with Gasteiger partial charge in [-0.15, -0.1) is 0 Å². The number of hydrogen-bond donors (Lipinski definition) is 0. The first-order chi connectivity index (χ1) is 3.70. The Labute approximate surface area is 48.5 Å². The van der Waals surface area contributed by atoms with E-state index in [2.05, 4.69) is 0 Å². The van der Waals surface area contributed by atoms with Crippen LogP contribution >= 0.6 is 0 Å². The molecule has 0 aromatic heterocycles. The molecule has 1 fully saturated rings. The van der Waals surface area contributed by atoms with Gasteiger partial charge in [-0.2, -0.15) is 0 Å². The van der Waals surface area contributed by atoms with Crippen molar-refractivity contribution in [2.24, 2.45) is 0 Å². The van der Waals surface area contributed by atoms with Gasteiger partial charge >= 0.3 is 0 Å². The molecule has 0 aromatic carbocycles. The molecule has 0 N–H and O–H groups in total. The van der Waals surface area contributed by atoms with Crippen molar-refractivity contribution in [1.82, 2.24) is 0 Å². The van der Waals surface area contributed by atoms with Crippen LogP contribution in [0, 0.1) is 0 Å². The first-order valence-corrected chi connectivity index (χ1v) is 3.60. The topological polar surface area (TPSA) is 51.2 Å². The van der Waals surface area contributed by atoms with Crippen molar-refractivity contribution in [1.29, 1.82) is 0 Å². The number of hydrogen-bond acceptors (Lipinski definition) is 3. The molecule has 4 heteroatoms. The van der Waals surface area contributed by atoms with Crippen LogP contribution in [0.3, 0.4) is 0 Å². The highest BCUT2D eigenvalue weighted by Gasteiger charge is 2.26. The molecule has 1 saturated heterocycles. The van der Waals surface area contributed by atoms with Gasteiger partial charge in [-0.25, -0.2) is 0 Å². The van der Waals surface area contributed by atoms with Gasteiger partial charge < -0.3 is 0 Å². The Hall–Kier alpha value is -0.510. The summed E-state index contributed by atoms with van der Waals surface area (Å²) in [7, 11) is -1.18. The highest BCUT2D eigenvalue weighted by molar-refractivity contribution is 7.87. The molecule has 0 saturated carbocycles. The maximum Gasteiger partial charge on any atom is 0.211 e. The van der Waals surface area contributed by atoms with Gasteiger partial charge in [-0.3, -0.25) is 13.8 Å². The van der Waals surface area contributed by atoms with E-state index in [9.17, 15) is 13.8 Å². The number of rotatable bonds is 0. The molecule has 0 atom stereocenters. The fourth-order valence-corrected chi connectivity index (χ4v) is 1.51. The van der Waals surface area contributed by atoms with E-state index in [1.807, 2.05) is 0 Å². The van der Waals surface area contributed by atoms with E-state index in [0.29, 0.717) is 0 Å². The van der Waals surface area contributed by atoms with Crippen LogP contribution in [0.5, 0.6) is 0 Å². The first-order valence-electron chi connectivity index (χ1n) is 2.11. The summed E-state index contributed by atoms with van der Waals surface area (Å²) >= 11 is 0. The van der Waals surface area contributed by atoms with E-state index in [1.165, 1.54) is 0 Å². The first kappa shape index (κ1) is 5.62. The van der Waals surface area contributed by atoms with Gasteiger partial charge in [0.25, 0.3) is 0 Å². The number of Topliss-reactive ketones (excluding diaryl/α,β-unsaturated/α-hetero) is 2. The lowest BCUT2D eigenvalue weighted by Gasteiger charge is -1.71. The molecule has 44 valence electrons. The standard InChI is InChI=1S/C4H4O3S/c5-3-1-8(7)2-4(3)6/h1-2H2. The highest BCUT2D eigenvalue weighted by atomic mass is 32.2. The van der Waals surface area contributed by atoms with Gasteiger partial charge in [-0.1, -0.05) is 0 Å². The minimum absolute atomic E-state index is 0.0567. The minimum atomic E-state index is -1.18. The molecule has 0 spiro atoms. The van der Waals surface area contributed by atoms with Gasteiger partial charge in [0.15, 0.2) is 0 Å². The van der Waals surface area contributed by atoms with Crippen LogP contribution in [-0.4, -0.2) is 27.3 Å². The Bertz CT molecular complexity index is 154. The zero-order valence-electron chi connectivity index (χ0n) is 4.05. The Morgan fingerprint density at radius 2 is 1.50 bits per heavy atom. The molecule has 0 radical (unpaired) electrons. The lowest BCUT2D eigenvalue weighted by molar-refractivity contribution is -0.132. The average molecular weight is 132 g/mol. The summed E-state index contributed by atoms with van der Waals surface area (Å²) in [5.74, 6) is -1.08. The Morgan fingerprint density at radius 3 is 1.62 bits per heavy atom. The monoisotopic (exact) mass is 132 g/mol. The van der Waals surface area contributed by atoms with Crippen molar-refractivity contribution < 1.29 is 13.8 Å². The maximum absolute atomic E-state index is 10.3. The summed E-state index contributed by atoms with van der Waals surface area (Å²) in [6.07, 6.45) is 0. The van der Waals surface area contributed by atoms with Crippen LogP contribution in [0.2, 0.25) is 0 Å². The van der Waals surface area contributed by atoms with Gasteiger partial charge in [0.2, 0.25) is 11.6 Å². The summed E-state index contributed by atoms with van der Waals surface area (Å²) in [5, 5.41) is 0. The molecule has 0 unspecified atom stereocenters. The van der Waals surface area contributed by atoms with Crippen molar-refractivity contribution in [3.8, 4) is 0 Å². The Kier molecular flexibility index (Phi) is 1.25. The smallest absolute Gasteiger partial charge is 0.211 e. The summed E-state index contributed by atoms with van der Waals surface area (Å²) in [6.45, 7) is 0. The molecule has 1 aliphatic heterocycles. The molecule has 0 bridgehead atoms. The predicted molar refractivity (Wildman–Crippen MR) is 27.9 cm³/mol. The van der Waals surface area contributed by atoms with E-state index < -0.39 is 22.4 Å². The number of carbonyl (C=O) groups is 2. The van der Waals surface area contributed by atoms with Gasteiger partial charge in [0.05, 0.1) is 11.5 Å². The number of carbonyl (C=O) groups excluding carboxylic acids is 2. The van der Waals surface area contributed by atoms with E-state index in [-0.39, 0.29) is 11.5 Å². The average Bonchev–Trinajstić information content (AvgIpc) is 1.85. The van der Waals surface area contributed by atoms with Crippen molar-refractivity contribution >= 4 is 22.4 Å². The second-order valence-corrected chi connectivity index (χ2v) is 3.03. The minimum Gasteiger partial charge on any atom is -0.290 e. The maximum atomic E-state index is 10.3. The summed E-state index contributed by atoms with van der Waals surface area (Å²) in [6, 6.07) is 0. The molecule has 8 heavy (non-hydrogen) atoms. The summed E-state index contributed by atoms with van der Waals surface area (Å²) < 4.78 is 10.3. The third-order valence-corrected chi connectivity index (χ3v) is 2.06. The lowest BCUT2D eigenvalue weighted by Crippen LogP contribution is -2.07. The molecule has 1 rings (SSSR count). The third kappa shape index (κ3) is 0.838. The van der Waals surface area contributed by atoms with Gasteiger partial charge in [0.1, 0.15) is 0 Å². The predicted octanol–water partition coefficient (Wildman–Crippen LogP) is -1.11. The van der Waals surface area contributed by atoms with E-state index in [0.717, 1.165) is 0 Å².